The van der Waals surface area contributed by atoms with E-state index in [1.807, 2.05) is 55.5 Å². The molecule has 2 heterocycles. The van der Waals surface area contributed by atoms with Gasteiger partial charge in [-0.25, -0.2) is 14.8 Å². The van der Waals surface area contributed by atoms with Crippen LogP contribution in [0.1, 0.15) is 52.6 Å². The van der Waals surface area contributed by atoms with Gasteiger partial charge in [0.15, 0.2) is 0 Å². The van der Waals surface area contributed by atoms with Crippen molar-refractivity contribution in [1.82, 2.24) is 15.0 Å². The van der Waals surface area contributed by atoms with Crippen molar-refractivity contribution in [2.24, 2.45) is 0 Å². The molecular formula is C31H28N4O3. The quantitative estimate of drug-likeness (QED) is 0.243. The molecule has 7 nitrogen and oxygen atoms in total. The summed E-state index contributed by atoms with van der Waals surface area (Å²) in [4.78, 5) is 36.5. The molecular weight excluding hydrogens is 476 g/mol. The zero-order chi connectivity index (χ0) is 27.0. The number of amides is 1. The molecule has 1 amide bonds. The van der Waals surface area contributed by atoms with Crippen molar-refractivity contribution in [3.05, 3.63) is 101 Å². The van der Waals surface area contributed by atoms with E-state index >= 15 is 0 Å². The zero-order valence-electron chi connectivity index (χ0n) is 21.7. The summed E-state index contributed by atoms with van der Waals surface area (Å²) in [5, 5.41) is 13.1. The number of anilines is 1. The Bertz CT molecular complexity index is 1660. The Labute approximate surface area is 220 Å². The second-order valence-electron chi connectivity index (χ2n) is 10.3. The summed E-state index contributed by atoms with van der Waals surface area (Å²) in [6.07, 6.45) is 1.51. The summed E-state index contributed by atoms with van der Waals surface area (Å²) in [5.41, 5.74) is 7.54. The maximum Gasteiger partial charge on any atom is 0.335 e. The highest BCUT2D eigenvalue weighted by Crippen LogP contribution is 2.34. The second-order valence-corrected chi connectivity index (χ2v) is 10.3. The number of fused-ring (bicyclic) bond motifs is 1. The van der Waals surface area contributed by atoms with E-state index in [4.69, 9.17) is 0 Å². The van der Waals surface area contributed by atoms with Crippen molar-refractivity contribution in [1.29, 1.82) is 0 Å². The van der Waals surface area contributed by atoms with Gasteiger partial charge in [-0.05, 0) is 65.4 Å². The van der Waals surface area contributed by atoms with Gasteiger partial charge in [-0.1, -0.05) is 57.2 Å². The predicted molar refractivity (Wildman–Crippen MR) is 150 cm³/mol. The fraction of sp³-hybridized carbons (Fsp3) is 0.161. The number of carbonyl (C=O) groups excluding carboxylic acids is 1. The maximum atomic E-state index is 13.0. The number of carbonyl (C=O) groups is 2. The molecule has 38 heavy (non-hydrogen) atoms. The van der Waals surface area contributed by atoms with Crippen molar-refractivity contribution in [2.45, 2.75) is 33.1 Å². The third-order valence-electron chi connectivity index (χ3n) is 6.72. The van der Waals surface area contributed by atoms with Crippen LogP contribution in [-0.2, 0) is 5.41 Å². The lowest BCUT2D eigenvalue weighted by atomic mass is 9.86. The fourth-order valence-corrected chi connectivity index (χ4v) is 4.45. The van der Waals surface area contributed by atoms with Gasteiger partial charge in [-0.15, -0.1) is 0 Å². The first-order valence-corrected chi connectivity index (χ1v) is 12.3. The van der Waals surface area contributed by atoms with Crippen LogP contribution >= 0.6 is 0 Å². The number of H-pyrrole nitrogens is 1. The maximum absolute atomic E-state index is 13.0. The van der Waals surface area contributed by atoms with Crippen LogP contribution in [0.4, 0.5) is 5.69 Å². The molecule has 7 heteroatoms. The fourth-order valence-electron chi connectivity index (χ4n) is 4.45. The summed E-state index contributed by atoms with van der Waals surface area (Å²) in [5.74, 6) is -1.14. The summed E-state index contributed by atoms with van der Waals surface area (Å²) < 4.78 is 0. The molecule has 2 aromatic heterocycles. The molecule has 190 valence electrons. The van der Waals surface area contributed by atoms with E-state index in [-0.39, 0.29) is 16.9 Å². The lowest BCUT2D eigenvalue weighted by Gasteiger charge is -2.19. The van der Waals surface area contributed by atoms with Crippen LogP contribution in [0.15, 0.2) is 79.1 Å². The highest BCUT2D eigenvalue weighted by Gasteiger charge is 2.17. The molecule has 0 aliphatic carbocycles. The Morgan fingerprint density at radius 3 is 2.24 bits per heavy atom. The van der Waals surface area contributed by atoms with Crippen molar-refractivity contribution < 1.29 is 14.7 Å². The van der Waals surface area contributed by atoms with Gasteiger partial charge in [0.05, 0.1) is 11.3 Å². The first-order chi connectivity index (χ1) is 18.1. The normalized spacial score (nSPS) is 11.5. The highest BCUT2D eigenvalue weighted by atomic mass is 16.4. The molecule has 0 unspecified atom stereocenters. The largest absolute Gasteiger partial charge is 0.478 e. The molecule has 0 spiro atoms. The number of carboxylic acids is 1. The van der Waals surface area contributed by atoms with Crippen LogP contribution < -0.4 is 5.32 Å². The van der Waals surface area contributed by atoms with Crippen LogP contribution in [0.25, 0.3) is 33.5 Å². The van der Waals surface area contributed by atoms with Crippen LogP contribution in [0.2, 0.25) is 0 Å². The van der Waals surface area contributed by atoms with Gasteiger partial charge < -0.3 is 15.4 Å². The number of carboxylic acid groups (broad SMARTS) is 1. The van der Waals surface area contributed by atoms with Gasteiger partial charge in [0.25, 0.3) is 5.91 Å². The standard InChI is InChI=1S/C31H28N4O3/c1-18-23(6-5-7-25(18)35-29(36)20-12-14-22(15-13-20)31(2,3)4)27-24-16-26(34-28(24)33-17-32-27)19-8-10-21(11-9-19)30(37)38/h5-17H,1-4H3,(H,35,36)(H,37,38)(H,32,33,34). The molecule has 0 bridgehead atoms. The molecule has 0 fully saturated rings. The lowest BCUT2D eigenvalue weighted by Crippen LogP contribution is -2.15. The van der Waals surface area contributed by atoms with Crippen molar-refractivity contribution in [3.63, 3.8) is 0 Å². The first-order valence-electron chi connectivity index (χ1n) is 12.3. The Hall–Kier alpha value is -4.78. The Morgan fingerprint density at radius 2 is 1.58 bits per heavy atom. The van der Waals surface area contributed by atoms with E-state index in [2.05, 4.69) is 41.0 Å². The van der Waals surface area contributed by atoms with E-state index in [1.54, 1.807) is 24.3 Å². The monoisotopic (exact) mass is 504 g/mol. The van der Waals surface area contributed by atoms with Crippen LogP contribution in [0.3, 0.4) is 0 Å². The number of hydrogen-bond acceptors (Lipinski definition) is 4. The SMILES string of the molecule is Cc1c(NC(=O)c2ccc(C(C)(C)C)cc2)cccc1-c1ncnc2[nH]c(-c3ccc(C(=O)O)cc3)cc12. The van der Waals surface area contributed by atoms with Gasteiger partial charge in [-0.3, -0.25) is 4.79 Å². The number of aromatic carboxylic acids is 1. The average molecular weight is 505 g/mol. The van der Waals surface area contributed by atoms with E-state index in [9.17, 15) is 14.7 Å². The number of rotatable bonds is 5. The molecule has 0 aliphatic heterocycles. The lowest BCUT2D eigenvalue weighted by molar-refractivity contribution is 0.0696. The van der Waals surface area contributed by atoms with Gasteiger partial charge in [0.2, 0.25) is 0 Å². The van der Waals surface area contributed by atoms with Crippen molar-refractivity contribution in [3.8, 4) is 22.5 Å². The van der Waals surface area contributed by atoms with Crippen molar-refractivity contribution >= 4 is 28.6 Å². The van der Waals surface area contributed by atoms with Crippen LogP contribution in [0.5, 0.6) is 0 Å². The minimum atomic E-state index is -0.967. The van der Waals surface area contributed by atoms with E-state index < -0.39 is 5.97 Å². The summed E-state index contributed by atoms with van der Waals surface area (Å²) in [7, 11) is 0. The zero-order valence-corrected chi connectivity index (χ0v) is 21.7. The van der Waals surface area contributed by atoms with E-state index in [1.165, 1.54) is 11.9 Å². The third kappa shape index (κ3) is 4.78. The van der Waals surface area contributed by atoms with Gasteiger partial charge >= 0.3 is 5.97 Å². The average Bonchev–Trinajstić information content (AvgIpc) is 3.34. The summed E-state index contributed by atoms with van der Waals surface area (Å²) >= 11 is 0. The smallest absolute Gasteiger partial charge is 0.335 e. The molecule has 0 saturated heterocycles. The Kier molecular flexibility index (Phi) is 6.28. The highest BCUT2D eigenvalue weighted by molar-refractivity contribution is 6.05. The molecule has 0 aliphatic rings. The topological polar surface area (TPSA) is 108 Å². The van der Waals surface area contributed by atoms with Gasteiger partial charge in [0, 0.05) is 27.9 Å². The van der Waals surface area contributed by atoms with E-state index in [0.29, 0.717) is 16.9 Å². The third-order valence-corrected chi connectivity index (χ3v) is 6.72. The Morgan fingerprint density at radius 1 is 0.895 bits per heavy atom. The minimum absolute atomic E-state index is 0.0167. The number of nitrogens with zero attached hydrogens (tertiary/aromatic N) is 2. The first kappa shape index (κ1) is 24.9. The molecule has 5 aromatic rings. The Balaban J connectivity index is 1.46. The molecule has 3 aromatic carbocycles. The number of aromatic nitrogens is 3. The van der Waals surface area contributed by atoms with Gasteiger partial charge in [0.1, 0.15) is 12.0 Å². The number of benzene rings is 3. The molecule has 5 rings (SSSR count). The van der Waals surface area contributed by atoms with Gasteiger partial charge in [-0.2, -0.15) is 0 Å². The summed E-state index contributed by atoms with van der Waals surface area (Å²) in [6.45, 7) is 8.39. The van der Waals surface area contributed by atoms with Crippen molar-refractivity contribution in [2.75, 3.05) is 5.32 Å². The second kappa shape index (κ2) is 9.59. The summed E-state index contributed by atoms with van der Waals surface area (Å²) in [6, 6.07) is 22.1. The number of aromatic amines is 1. The number of hydrogen-bond donors (Lipinski definition) is 3. The van der Waals surface area contributed by atoms with E-state index in [0.717, 1.165) is 33.5 Å². The minimum Gasteiger partial charge on any atom is -0.478 e. The molecule has 0 radical (unpaired) electrons. The van der Waals surface area contributed by atoms with Crippen LogP contribution in [0, 0.1) is 6.92 Å². The molecule has 3 N–H and O–H groups in total. The van der Waals surface area contributed by atoms with Crippen LogP contribution in [-0.4, -0.2) is 31.9 Å². The number of nitrogens with one attached hydrogen (secondary N) is 2. The molecule has 0 atom stereocenters. The molecule has 0 saturated carbocycles. The predicted octanol–water partition coefficient (Wildman–Crippen LogP) is 6.85.